The Hall–Kier alpha value is -3.29. The van der Waals surface area contributed by atoms with Crippen LogP contribution in [0, 0.1) is 18.6 Å². The maximum absolute atomic E-state index is 14.1. The molecule has 27 heavy (non-hydrogen) atoms. The lowest BCUT2D eigenvalue weighted by atomic mass is 9.91. The van der Waals surface area contributed by atoms with Crippen molar-refractivity contribution >= 4 is 23.5 Å². The Morgan fingerprint density at radius 3 is 2.59 bits per heavy atom. The number of carbonyl (C=O) groups is 3. The van der Waals surface area contributed by atoms with Gasteiger partial charge in [0.15, 0.2) is 0 Å². The second-order valence-corrected chi connectivity index (χ2v) is 6.43. The molecule has 4 amide bonds. The van der Waals surface area contributed by atoms with Gasteiger partial charge in [0, 0.05) is 11.3 Å². The third-order valence-electron chi connectivity index (χ3n) is 4.46. The zero-order valence-corrected chi connectivity index (χ0v) is 14.7. The first-order valence-electron chi connectivity index (χ1n) is 8.17. The van der Waals surface area contributed by atoms with Gasteiger partial charge in [-0.25, -0.2) is 13.6 Å². The van der Waals surface area contributed by atoms with Crippen molar-refractivity contribution in [2.24, 2.45) is 0 Å². The van der Waals surface area contributed by atoms with E-state index in [1.54, 1.807) is 31.2 Å². The lowest BCUT2D eigenvalue weighted by Gasteiger charge is -2.22. The number of aryl methyl sites for hydroxylation is 1. The lowest BCUT2D eigenvalue weighted by molar-refractivity contribution is -0.133. The molecule has 0 unspecified atom stereocenters. The summed E-state index contributed by atoms with van der Waals surface area (Å²) >= 11 is 0. The number of urea groups is 1. The summed E-state index contributed by atoms with van der Waals surface area (Å²) in [6.07, 6.45) is 0. The van der Waals surface area contributed by atoms with E-state index in [0.717, 1.165) is 23.8 Å². The molecule has 0 spiro atoms. The quantitative estimate of drug-likeness (QED) is 0.809. The number of nitrogens with zero attached hydrogens (tertiary/aromatic N) is 1. The molecule has 0 aromatic heterocycles. The highest BCUT2D eigenvalue weighted by molar-refractivity contribution is 6.10. The summed E-state index contributed by atoms with van der Waals surface area (Å²) in [7, 11) is 0. The van der Waals surface area contributed by atoms with Gasteiger partial charge >= 0.3 is 6.03 Å². The fourth-order valence-electron chi connectivity index (χ4n) is 2.95. The molecule has 140 valence electrons. The van der Waals surface area contributed by atoms with Crippen LogP contribution in [0.15, 0.2) is 42.5 Å². The van der Waals surface area contributed by atoms with E-state index in [9.17, 15) is 23.2 Å². The number of imide groups is 1. The van der Waals surface area contributed by atoms with Gasteiger partial charge in [-0.05, 0) is 43.7 Å². The van der Waals surface area contributed by atoms with Crippen LogP contribution in [0.1, 0.15) is 18.1 Å². The molecule has 2 N–H and O–H groups in total. The average Bonchev–Trinajstić information content (AvgIpc) is 2.83. The first-order chi connectivity index (χ1) is 12.7. The number of hydrogen-bond acceptors (Lipinski definition) is 3. The van der Waals surface area contributed by atoms with Gasteiger partial charge in [-0.2, -0.15) is 0 Å². The van der Waals surface area contributed by atoms with E-state index in [1.807, 2.05) is 0 Å². The summed E-state index contributed by atoms with van der Waals surface area (Å²) in [5.41, 5.74) is -0.738. The summed E-state index contributed by atoms with van der Waals surface area (Å²) in [6, 6.07) is 8.82. The van der Waals surface area contributed by atoms with E-state index in [4.69, 9.17) is 0 Å². The Morgan fingerprint density at radius 1 is 1.19 bits per heavy atom. The highest BCUT2D eigenvalue weighted by Crippen LogP contribution is 2.31. The Morgan fingerprint density at radius 2 is 1.89 bits per heavy atom. The lowest BCUT2D eigenvalue weighted by Crippen LogP contribution is -2.42. The second-order valence-electron chi connectivity index (χ2n) is 6.43. The highest BCUT2D eigenvalue weighted by atomic mass is 19.1. The van der Waals surface area contributed by atoms with Crippen LogP contribution in [0.3, 0.4) is 0 Å². The Balaban J connectivity index is 1.81. The van der Waals surface area contributed by atoms with Crippen LogP contribution in [0.5, 0.6) is 0 Å². The predicted octanol–water partition coefficient (Wildman–Crippen LogP) is 2.68. The van der Waals surface area contributed by atoms with Gasteiger partial charge in [-0.3, -0.25) is 14.5 Å². The minimum Gasteiger partial charge on any atom is -0.324 e. The van der Waals surface area contributed by atoms with E-state index >= 15 is 0 Å². The van der Waals surface area contributed by atoms with Crippen LogP contribution in [0.25, 0.3) is 0 Å². The van der Waals surface area contributed by atoms with Crippen molar-refractivity contribution in [1.82, 2.24) is 10.2 Å². The van der Waals surface area contributed by atoms with Crippen molar-refractivity contribution in [3.8, 4) is 0 Å². The van der Waals surface area contributed by atoms with Crippen molar-refractivity contribution < 1.29 is 23.2 Å². The van der Waals surface area contributed by atoms with Gasteiger partial charge in [0.25, 0.3) is 5.91 Å². The molecule has 0 aliphatic carbocycles. The maximum Gasteiger partial charge on any atom is 0.325 e. The smallest absolute Gasteiger partial charge is 0.324 e. The molecule has 1 fully saturated rings. The molecule has 0 radical (unpaired) electrons. The van der Waals surface area contributed by atoms with Gasteiger partial charge < -0.3 is 10.6 Å². The molecule has 3 rings (SSSR count). The van der Waals surface area contributed by atoms with Crippen molar-refractivity contribution in [3.05, 3.63) is 65.2 Å². The molecule has 1 heterocycles. The van der Waals surface area contributed by atoms with E-state index in [2.05, 4.69) is 10.6 Å². The zero-order valence-electron chi connectivity index (χ0n) is 14.7. The standard InChI is InChI=1S/C19H17F2N3O3/c1-11-5-3-4-6-15(11)22-16(25)10-24-17(26)19(2,23-18(24)27)13-9-12(20)7-8-14(13)21/h3-9H,10H2,1-2H3,(H,22,25)(H,23,27)/t19-/m1/s1. The summed E-state index contributed by atoms with van der Waals surface area (Å²) in [5.74, 6) is -3.00. The van der Waals surface area contributed by atoms with Gasteiger partial charge in [0.05, 0.1) is 0 Å². The van der Waals surface area contributed by atoms with Gasteiger partial charge in [-0.1, -0.05) is 18.2 Å². The monoisotopic (exact) mass is 373 g/mol. The zero-order chi connectivity index (χ0) is 19.8. The van der Waals surface area contributed by atoms with Crippen molar-refractivity contribution in [3.63, 3.8) is 0 Å². The summed E-state index contributed by atoms with van der Waals surface area (Å²) < 4.78 is 27.6. The summed E-state index contributed by atoms with van der Waals surface area (Å²) in [6.45, 7) is 2.52. The molecule has 1 aliphatic rings. The Bertz CT molecular complexity index is 948. The molecule has 1 aliphatic heterocycles. The highest BCUT2D eigenvalue weighted by Gasteiger charge is 2.50. The fourth-order valence-corrected chi connectivity index (χ4v) is 2.95. The molecule has 2 aromatic rings. The predicted molar refractivity (Wildman–Crippen MR) is 93.8 cm³/mol. The minimum absolute atomic E-state index is 0.303. The third-order valence-corrected chi connectivity index (χ3v) is 4.46. The van der Waals surface area contributed by atoms with Crippen LogP contribution in [0.2, 0.25) is 0 Å². The number of rotatable bonds is 4. The first-order valence-corrected chi connectivity index (χ1v) is 8.17. The molecule has 0 bridgehead atoms. The number of halogens is 2. The van der Waals surface area contributed by atoms with Crippen LogP contribution in [-0.4, -0.2) is 29.3 Å². The third kappa shape index (κ3) is 3.38. The van der Waals surface area contributed by atoms with Crippen LogP contribution in [0.4, 0.5) is 19.3 Å². The van der Waals surface area contributed by atoms with Gasteiger partial charge in [0.1, 0.15) is 23.7 Å². The topological polar surface area (TPSA) is 78.5 Å². The first kappa shape index (κ1) is 18.5. The molecule has 1 saturated heterocycles. The molecule has 2 aromatic carbocycles. The average molecular weight is 373 g/mol. The number of para-hydroxylation sites is 1. The number of anilines is 1. The molecule has 1 atom stereocenters. The molecular weight excluding hydrogens is 356 g/mol. The van der Waals surface area contributed by atoms with Crippen LogP contribution < -0.4 is 10.6 Å². The van der Waals surface area contributed by atoms with Gasteiger partial charge in [-0.15, -0.1) is 0 Å². The Labute approximate surface area is 154 Å². The van der Waals surface area contributed by atoms with E-state index in [0.29, 0.717) is 10.6 Å². The number of amides is 4. The molecule has 6 nitrogen and oxygen atoms in total. The molecule has 8 heteroatoms. The fraction of sp³-hybridized carbons (Fsp3) is 0.211. The number of carbonyl (C=O) groups excluding carboxylic acids is 3. The SMILES string of the molecule is Cc1ccccc1NC(=O)CN1C(=O)N[C@](C)(c2cc(F)ccc2F)C1=O. The van der Waals surface area contributed by atoms with E-state index in [1.165, 1.54) is 6.92 Å². The number of hydrogen-bond donors (Lipinski definition) is 2. The normalized spacial score (nSPS) is 19.2. The summed E-state index contributed by atoms with van der Waals surface area (Å²) in [5, 5.41) is 4.96. The van der Waals surface area contributed by atoms with Gasteiger partial charge in [0.2, 0.25) is 5.91 Å². The van der Waals surface area contributed by atoms with Crippen LogP contribution in [-0.2, 0) is 15.1 Å². The maximum atomic E-state index is 14.1. The van der Waals surface area contributed by atoms with E-state index in [-0.39, 0.29) is 5.56 Å². The number of benzene rings is 2. The summed E-state index contributed by atoms with van der Waals surface area (Å²) in [4.78, 5) is 37.9. The molecular formula is C19H17F2N3O3. The Kier molecular flexibility index (Phi) is 4.65. The molecule has 0 saturated carbocycles. The van der Waals surface area contributed by atoms with Crippen molar-refractivity contribution in [2.75, 3.05) is 11.9 Å². The van der Waals surface area contributed by atoms with Crippen LogP contribution >= 0.6 is 0 Å². The minimum atomic E-state index is -1.80. The largest absolute Gasteiger partial charge is 0.325 e. The number of nitrogens with one attached hydrogen (secondary N) is 2. The van der Waals surface area contributed by atoms with Crippen molar-refractivity contribution in [2.45, 2.75) is 19.4 Å². The van der Waals surface area contributed by atoms with Crippen molar-refractivity contribution in [1.29, 1.82) is 0 Å². The van der Waals surface area contributed by atoms with E-state index < -0.39 is 41.6 Å². The second kappa shape index (κ2) is 6.79.